The zero-order valence-electron chi connectivity index (χ0n) is 6.63. The molecule has 0 bridgehead atoms. The zero-order valence-corrected chi connectivity index (χ0v) is 7.44. The summed E-state index contributed by atoms with van der Waals surface area (Å²) in [5.41, 5.74) is 0. The number of nitrogens with one attached hydrogen (secondary N) is 1. The summed E-state index contributed by atoms with van der Waals surface area (Å²) in [7, 11) is 0. The van der Waals surface area contributed by atoms with E-state index in [1.807, 2.05) is 0 Å². The largest absolute Gasteiger partial charge is 0.337 e. The summed E-state index contributed by atoms with van der Waals surface area (Å²) >= 11 is 1.78. The van der Waals surface area contributed by atoms with E-state index in [1.165, 1.54) is 0 Å². The summed E-state index contributed by atoms with van der Waals surface area (Å²) in [6, 6.07) is 0.511. The second-order valence-electron chi connectivity index (χ2n) is 2.07. The van der Waals surface area contributed by atoms with E-state index in [0.717, 1.165) is 12.3 Å². The lowest BCUT2D eigenvalue weighted by atomic mass is 10.7. The van der Waals surface area contributed by atoms with E-state index < -0.39 is 0 Å². The zero-order chi connectivity index (χ0) is 8.10. The molecular weight excluding hydrogens is 162 g/mol. The molecule has 11 heavy (non-hydrogen) atoms. The molecule has 0 saturated carbocycles. The van der Waals surface area contributed by atoms with E-state index in [1.54, 1.807) is 18.7 Å². The minimum atomic E-state index is 0.511. The molecule has 1 aromatic heterocycles. The number of aryl methyl sites for hydroxylation is 1. The molecule has 62 valence electrons. The Kier molecular flexibility index (Phi) is 3.22. The lowest BCUT2D eigenvalue weighted by Crippen LogP contribution is -2.03. The molecule has 0 saturated heterocycles. The van der Waals surface area contributed by atoms with Gasteiger partial charge in [0.2, 0.25) is 0 Å². The van der Waals surface area contributed by atoms with Crippen LogP contribution in [0.2, 0.25) is 0 Å². The van der Waals surface area contributed by atoms with Crippen molar-refractivity contribution in [2.45, 2.75) is 6.92 Å². The molecule has 5 heteroatoms. The van der Waals surface area contributed by atoms with Crippen LogP contribution < -0.4 is 5.32 Å². The van der Waals surface area contributed by atoms with E-state index in [9.17, 15) is 0 Å². The number of anilines is 1. The summed E-state index contributed by atoms with van der Waals surface area (Å²) in [5.74, 6) is 1.71. The summed E-state index contributed by atoms with van der Waals surface area (Å²) in [6.07, 6.45) is 2.06. The van der Waals surface area contributed by atoms with Crippen LogP contribution in [0.15, 0.2) is 4.52 Å². The minimum Gasteiger partial charge on any atom is -0.337 e. The van der Waals surface area contributed by atoms with Crippen LogP contribution in [-0.2, 0) is 0 Å². The van der Waals surface area contributed by atoms with Gasteiger partial charge in [0.05, 0.1) is 0 Å². The van der Waals surface area contributed by atoms with Gasteiger partial charge in [-0.2, -0.15) is 16.7 Å². The maximum Gasteiger partial charge on any atom is 0.321 e. The average molecular weight is 173 g/mol. The smallest absolute Gasteiger partial charge is 0.321 e. The molecule has 0 radical (unpaired) electrons. The van der Waals surface area contributed by atoms with E-state index >= 15 is 0 Å². The Morgan fingerprint density at radius 1 is 1.64 bits per heavy atom. The molecule has 1 aromatic rings. The molecule has 4 nitrogen and oxygen atoms in total. The fourth-order valence-corrected chi connectivity index (χ4v) is 0.935. The monoisotopic (exact) mass is 173 g/mol. The SMILES string of the molecule is CSCCNc1nc(C)no1. The van der Waals surface area contributed by atoms with Gasteiger partial charge in [-0.3, -0.25) is 0 Å². The third-order valence-electron chi connectivity index (χ3n) is 1.11. The van der Waals surface area contributed by atoms with Crippen molar-refractivity contribution in [2.24, 2.45) is 0 Å². The number of hydrogen-bond acceptors (Lipinski definition) is 5. The molecule has 0 aliphatic heterocycles. The van der Waals surface area contributed by atoms with Crippen LogP contribution in [-0.4, -0.2) is 28.7 Å². The number of hydrogen-bond donors (Lipinski definition) is 1. The van der Waals surface area contributed by atoms with Gasteiger partial charge < -0.3 is 9.84 Å². The first kappa shape index (κ1) is 8.39. The van der Waals surface area contributed by atoms with Gasteiger partial charge in [0.25, 0.3) is 0 Å². The first-order valence-electron chi connectivity index (χ1n) is 3.36. The first-order valence-corrected chi connectivity index (χ1v) is 4.75. The van der Waals surface area contributed by atoms with Crippen molar-refractivity contribution in [3.05, 3.63) is 5.82 Å². The van der Waals surface area contributed by atoms with Crippen molar-refractivity contribution in [1.82, 2.24) is 10.1 Å². The predicted octanol–water partition coefficient (Wildman–Crippen LogP) is 1.15. The summed E-state index contributed by atoms with van der Waals surface area (Å²) < 4.78 is 4.83. The molecule has 0 aliphatic carbocycles. The first-order chi connectivity index (χ1) is 5.33. The highest BCUT2D eigenvalue weighted by Crippen LogP contribution is 2.01. The van der Waals surface area contributed by atoms with Gasteiger partial charge in [0, 0.05) is 12.3 Å². The topological polar surface area (TPSA) is 51.0 Å². The van der Waals surface area contributed by atoms with Crippen molar-refractivity contribution in [3.8, 4) is 0 Å². The van der Waals surface area contributed by atoms with Crippen LogP contribution in [0, 0.1) is 6.92 Å². The van der Waals surface area contributed by atoms with E-state index in [0.29, 0.717) is 11.8 Å². The third-order valence-corrected chi connectivity index (χ3v) is 1.72. The molecule has 0 atom stereocenters. The Labute approximate surface area is 69.7 Å². The maximum atomic E-state index is 4.83. The number of rotatable bonds is 4. The van der Waals surface area contributed by atoms with Crippen molar-refractivity contribution in [1.29, 1.82) is 0 Å². The Balaban J connectivity index is 2.27. The highest BCUT2D eigenvalue weighted by molar-refractivity contribution is 7.98. The van der Waals surface area contributed by atoms with Crippen LogP contribution in [0.5, 0.6) is 0 Å². The highest BCUT2D eigenvalue weighted by atomic mass is 32.2. The molecule has 0 amide bonds. The lowest BCUT2D eigenvalue weighted by molar-refractivity contribution is 0.426. The van der Waals surface area contributed by atoms with Crippen LogP contribution in [0.1, 0.15) is 5.82 Å². The highest BCUT2D eigenvalue weighted by Gasteiger charge is 1.98. The van der Waals surface area contributed by atoms with Crippen LogP contribution in [0.4, 0.5) is 6.01 Å². The minimum absolute atomic E-state index is 0.511. The Bertz CT molecular complexity index is 213. The van der Waals surface area contributed by atoms with Crippen molar-refractivity contribution in [3.63, 3.8) is 0 Å². The predicted molar refractivity (Wildman–Crippen MR) is 45.9 cm³/mol. The molecular formula is C6H11N3OS. The van der Waals surface area contributed by atoms with Gasteiger partial charge in [0.1, 0.15) is 0 Å². The van der Waals surface area contributed by atoms with Crippen LogP contribution >= 0.6 is 11.8 Å². The molecule has 0 fully saturated rings. The molecule has 1 heterocycles. The fraction of sp³-hybridized carbons (Fsp3) is 0.667. The molecule has 0 spiro atoms. The van der Waals surface area contributed by atoms with Gasteiger partial charge >= 0.3 is 6.01 Å². The van der Waals surface area contributed by atoms with E-state index in [-0.39, 0.29) is 0 Å². The van der Waals surface area contributed by atoms with E-state index in [4.69, 9.17) is 4.52 Å². The lowest BCUT2D eigenvalue weighted by Gasteiger charge is -1.95. The standard InChI is InChI=1S/C6H11N3OS/c1-5-8-6(10-9-5)7-3-4-11-2/h3-4H2,1-2H3,(H,7,8,9). The van der Waals surface area contributed by atoms with Crippen LogP contribution in [0.3, 0.4) is 0 Å². The second kappa shape index (κ2) is 4.23. The molecule has 0 aliphatic rings. The van der Waals surface area contributed by atoms with Crippen LogP contribution in [0.25, 0.3) is 0 Å². The summed E-state index contributed by atoms with van der Waals surface area (Å²) in [5, 5.41) is 6.65. The number of nitrogens with zero attached hydrogens (tertiary/aromatic N) is 2. The Morgan fingerprint density at radius 3 is 3.00 bits per heavy atom. The Hall–Kier alpha value is -0.710. The Morgan fingerprint density at radius 2 is 2.45 bits per heavy atom. The number of thioether (sulfide) groups is 1. The van der Waals surface area contributed by atoms with Gasteiger partial charge in [-0.15, -0.1) is 0 Å². The summed E-state index contributed by atoms with van der Waals surface area (Å²) in [4.78, 5) is 3.98. The van der Waals surface area contributed by atoms with Gasteiger partial charge in [-0.1, -0.05) is 5.16 Å². The molecule has 0 unspecified atom stereocenters. The van der Waals surface area contributed by atoms with Gasteiger partial charge in [-0.25, -0.2) is 0 Å². The molecule has 1 N–H and O–H groups in total. The van der Waals surface area contributed by atoms with Gasteiger partial charge in [0.15, 0.2) is 5.82 Å². The second-order valence-corrected chi connectivity index (χ2v) is 3.05. The molecule has 1 rings (SSSR count). The number of aromatic nitrogens is 2. The average Bonchev–Trinajstić information content (AvgIpc) is 2.37. The maximum absolute atomic E-state index is 4.83. The van der Waals surface area contributed by atoms with Gasteiger partial charge in [-0.05, 0) is 13.2 Å². The quantitative estimate of drug-likeness (QED) is 0.692. The normalized spacial score (nSPS) is 10.0. The third kappa shape index (κ3) is 2.80. The van der Waals surface area contributed by atoms with Crippen molar-refractivity contribution in [2.75, 3.05) is 23.9 Å². The fourth-order valence-electron chi connectivity index (χ4n) is 0.629. The summed E-state index contributed by atoms with van der Waals surface area (Å²) in [6.45, 7) is 2.66. The molecule has 0 aromatic carbocycles. The van der Waals surface area contributed by atoms with Crippen molar-refractivity contribution >= 4 is 17.8 Å². The van der Waals surface area contributed by atoms with Crippen molar-refractivity contribution < 1.29 is 4.52 Å². The van der Waals surface area contributed by atoms with E-state index in [2.05, 4.69) is 21.7 Å².